The Morgan fingerprint density at radius 3 is 1.84 bits per heavy atom. The number of hydrogen-bond acceptors (Lipinski definition) is 2. The van der Waals surface area contributed by atoms with Crippen LogP contribution < -0.4 is 0 Å². The molecule has 0 fully saturated rings. The van der Waals surface area contributed by atoms with Gasteiger partial charge >= 0.3 is 159 Å². The standard InChI is InChI=1S/C22H25NO.Cr/c1-5-21(22(3,4)24-6-2)23(17-19-13-9-7-10-14-19)18-20-15-11-8-12-16-20;/h7-16H,6,17-18H2,2-4H3;. The van der Waals surface area contributed by atoms with E-state index in [-0.39, 0.29) is 0 Å². The molecule has 25 heavy (non-hydrogen) atoms. The first-order valence-corrected chi connectivity index (χ1v) is 9.18. The van der Waals surface area contributed by atoms with Crippen molar-refractivity contribution in [2.24, 2.45) is 0 Å². The van der Waals surface area contributed by atoms with Gasteiger partial charge in [-0.3, -0.25) is 0 Å². The fraction of sp³-hybridized carbons (Fsp3) is 0.318. The molecule has 0 aliphatic carbocycles. The first-order valence-electron chi connectivity index (χ1n) is 8.54. The molecule has 0 unspecified atom stereocenters. The third-order valence-corrected chi connectivity index (χ3v) is 4.15. The summed E-state index contributed by atoms with van der Waals surface area (Å²) in [7, 11) is 0. The van der Waals surface area contributed by atoms with Gasteiger partial charge in [0.2, 0.25) is 0 Å². The minimum absolute atomic E-state index is 0.449. The molecule has 0 aromatic heterocycles. The second-order valence-corrected chi connectivity index (χ2v) is 6.67. The minimum atomic E-state index is -0.449. The van der Waals surface area contributed by atoms with Crippen molar-refractivity contribution in [2.45, 2.75) is 39.5 Å². The van der Waals surface area contributed by atoms with Crippen molar-refractivity contribution in [3.8, 4) is 0 Å². The third-order valence-electron chi connectivity index (χ3n) is 3.99. The van der Waals surface area contributed by atoms with Crippen molar-refractivity contribution in [2.75, 3.05) is 6.61 Å². The van der Waals surface area contributed by atoms with Gasteiger partial charge in [-0.2, -0.15) is 0 Å². The summed E-state index contributed by atoms with van der Waals surface area (Å²) in [5, 5.41) is 0. The van der Waals surface area contributed by atoms with Crippen LogP contribution in [0.1, 0.15) is 31.9 Å². The van der Waals surface area contributed by atoms with Gasteiger partial charge in [-0.25, -0.2) is 0 Å². The molecule has 3 heteroatoms. The average molecular weight is 371 g/mol. The summed E-state index contributed by atoms with van der Waals surface area (Å²) in [4.78, 5) is 2.31. The maximum atomic E-state index is 6.01. The molecule has 0 radical (unpaired) electrons. The van der Waals surface area contributed by atoms with Gasteiger partial charge in [0.25, 0.3) is 0 Å². The summed E-state index contributed by atoms with van der Waals surface area (Å²) in [5.41, 5.74) is 6.31. The molecule has 130 valence electrons. The van der Waals surface area contributed by atoms with Gasteiger partial charge in [0.1, 0.15) is 0 Å². The molecule has 2 nitrogen and oxygen atoms in total. The molecule has 2 aromatic rings. The van der Waals surface area contributed by atoms with Crippen LogP contribution in [0, 0.1) is 0 Å². The molecule has 0 N–H and O–H groups in total. The second kappa shape index (κ2) is 9.60. The van der Waals surface area contributed by atoms with Gasteiger partial charge in [0.15, 0.2) is 0 Å². The van der Waals surface area contributed by atoms with Crippen LogP contribution in [0.3, 0.4) is 0 Å². The van der Waals surface area contributed by atoms with Gasteiger partial charge in [-0.15, -0.1) is 0 Å². The predicted octanol–water partition coefficient (Wildman–Crippen LogP) is 4.49. The Morgan fingerprint density at radius 1 is 0.960 bits per heavy atom. The summed E-state index contributed by atoms with van der Waals surface area (Å²) in [6, 6.07) is 21.0. The number of nitrogens with zero attached hydrogens (tertiary/aromatic N) is 1. The van der Waals surface area contributed by atoms with Crippen molar-refractivity contribution >= 4 is 4.54 Å². The Morgan fingerprint density at radius 2 is 1.44 bits per heavy atom. The number of hydrogen-bond donors (Lipinski definition) is 0. The van der Waals surface area contributed by atoms with E-state index in [4.69, 9.17) is 4.74 Å². The Kier molecular flexibility index (Phi) is 7.48. The maximum absolute atomic E-state index is 6.01. The normalized spacial score (nSPS) is 10.7. The van der Waals surface area contributed by atoms with Gasteiger partial charge in [-0.1, -0.05) is 0 Å². The molecule has 0 spiro atoms. The van der Waals surface area contributed by atoms with Crippen LogP contribution in [-0.4, -0.2) is 21.6 Å². The van der Waals surface area contributed by atoms with Crippen molar-refractivity contribution < 1.29 is 20.6 Å². The molecular weight excluding hydrogens is 346 g/mol. The van der Waals surface area contributed by atoms with E-state index in [2.05, 4.69) is 93.4 Å². The van der Waals surface area contributed by atoms with Crippen molar-refractivity contribution in [3.05, 3.63) is 83.2 Å². The summed E-state index contributed by atoms with van der Waals surface area (Å²) in [6.07, 6.45) is 0. The second-order valence-electron chi connectivity index (χ2n) is 6.35. The zero-order chi connectivity index (χ0) is 18.1. The molecule has 0 bridgehead atoms. The van der Waals surface area contributed by atoms with Crippen molar-refractivity contribution in [3.63, 3.8) is 0 Å². The molecule has 0 aliphatic heterocycles. The molecule has 0 saturated heterocycles. The van der Waals surface area contributed by atoms with Crippen LogP contribution in [0.2, 0.25) is 0 Å². The van der Waals surface area contributed by atoms with Crippen LogP contribution in [0.5, 0.6) is 0 Å². The fourth-order valence-corrected chi connectivity index (χ4v) is 3.06. The van der Waals surface area contributed by atoms with E-state index in [0.717, 1.165) is 18.8 Å². The van der Waals surface area contributed by atoms with E-state index in [1.54, 1.807) is 0 Å². The molecule has 2 rings (SSSR count). The average Bonchev–Trinajstić information content (AvgIpc) is 2.61. The van der Waals surface area contributed by atoms with E-state index in [0.29, 0.717) is 6.61 Å². The first kappa shape index (κ1) is 19.5. The molecule has 0 atom stereocenters. The van der Waals surface area contributed by atoms with Crippen LogP contribution in [-0.2, 0) is 33.7 Å². The van der Waals surface area contributed by atoms with E-state index < -0.39 is 5.60 Å². The van der Waals surface area contributed by atoms with Gasteiger partial charge in [0.05, 0.1) is 0 Å². The van der Waals surface area contributed by atoms with E-state index in [1.165, 1.54) is 11.1 Å². The van der Waals surface area contributed by atoms with E-state index >= 15 is 0 Å². The third kappa shape index (κ3) is 5.87. The van der Waals surface area contributed by atoms with Gasteiger partial charge < -0.3 is 0 Å². The number of benzene rings is 2. The Balaban J connectivity index is 2.40. The Bertz CT molecular complexity index is 701. The summed E-state index contributed by atoms with van der Waals surface area (Å²) in [5.74, 6) is 0. The quantitative estimate of drug-likeness (QED) is 0.634. The van der Waals surface area contributed by atoms with Crippen molar-refractivity contribution in [1.82, 2.24) is 4.90 Å². The summed E-state index contributed by atoms with van der Waals surface area (Å²) >= 11 is 2.81. The number of ether oxygens (including phenoxy) is 1. The van der Waals surface area contributed by atoms with Gasteiger partial charge in [-0.05, 0) is 0 Å². The fourth-order valence-electron chi connectivity index (χ4n) is 2.91. The topological polar surface area (TPSA) is 12.5 Å². The Hall–Kier alpha value is -1.84. The van der Waals surface area contributed by atoms with Crippen LogP contribution in [0.15, 0.2) is 72.1 Å². The zero-order valence-electron chi connectivity index (χ0n) is 15.2. The Labute approximate surface area is 159 Å². The van der Waals surface area contributed by atoms with Crippen LogP contribution in [0.4, 0.5) is 0 Å². The van der Waals surface area contributed by atoms with Crippen LogP contribution >= 0.6 is 0 Å². The zero-order valence-corrected chi connectivity index (χ0v) is 16.4. The SMILES string of the molecule is CCOC(C)(C)C(=C=[C]=[Cr])N(Cc1ccccc1)Cc1ccccc1. The molecule has 0 heterocycles. The van der Waals surface area contributed by atoms with E-state index in [9.17, 15) is 0 Å². The first-order chi connectivity index (χ1) is 12.1. The van der Waals surface area contributed by atoms with E-state index in [1.807, 2.05) is 19.1 Å². The van der Waals surface area contributed by atoms with Crippen molar-refractivity contribution in [1.29, 1.82) is 0 Å². The molecule has 0 amide bonds. The monoisotopic (exact) mass is 371 g/mol. The molecule has 0 aliphatic rings. The molecule has 0 saturated carbocycles. The molecule has 2 aromatic carbocycles. The predicted molar refractivity (Wildman–Crippen MR) is 99.9 cm³/mol. The molecular formula is C22H25CrNO. The number of rotatable bonds is 8. The van der Waals surface area contributed by atoms with Crippen LogP contribution in [0.25, 0.3) is 0 Å². The summed E-state index contributed by atoms with van der Waals surface area (Å²) < 4.78 is 8.96. The summed E-state index contributed by atoms with van der Waals surface area (Å²) in [6.45, 7) is 8.41. The van der Waals surface area contributed by atoms with Gasteiger partial charge in [0, 0.05) is 0 Å².